The van der Waals surface area contributed by atoms with Gasteiger partial charge < -0.3 is 16.2 Å². The van der Waals surface area contributed by atoms with Gasteiger partial charge in [-0.3, -0.25) is 0 Å². The van der Waals surface area contributed by atoms with E-state index >= 15 is 0 Å². The Balaban J connectivity index is 0.00000166. The van der Waals surface area contributed by atoms with E-state index in [0.29, 0.717) is 5.56 Å². The molecular weight excluding hydrogens is 414 g/mol. The lowest BCUT2D eigenvalue weighted by Gasteiger charge is -2.15. The Kier molecular flexibility index (Phi) is 7.57. The van der Waals surface area contributed by atoms with E-state index in [1.165, 1.54) is 24.4 Å². The molecule has 2 aromatic carbocycles. The first-order chi connectivity index (χ1) is 14.7. The van der Waals surface area contributed by atoms with Crippen molar-refractivity contribution < 1.29 is 27.5 Å². The lowest BCUT2D eigenvalue weighted by molar-refractivity contribution is 0.0697. The highest BCUT2D eigenvalue weighted by Crippen LogP contribution is 2.31. The van der Waals surface area contributed by atoms with Crippen LogP contribution >= 0.6 is 0 Å². The van der Waals surface area contributed by atoms with Crippen molar-refractivity contribution in [1.29, 1.82) is 0 Å². The normalized spacial score (nSPS) is 10.3. The number of nitrogens with zero attached hydrogens (tertiary/aromatic N) is 1. The number of nitrogens with two attached hydrogens (primary N) is 1. The largest absolute Gasteiger partial charge is 0.478 e. The smallest absolute Gasteiger partial charge is 0.337 e. The Labute approximate surface area is 176 Å². The summed E-state index contributed by atoms with van der Waals surface area (Å²) in [6.45, 7) is 5.63. The van der Waals surface area contributed by atoms with E-state index < -0.39 is 58.3 Å². The SMILES string of the molecule is CC.Cc1ccc(Nc2c(C(=O)O)cc(Cc3ccnc(N)c3F)c(F)c2F)c(F)c1. The molecule has 3 aromatic rings. The standard InChI is InChI=1S/C20H15F4N3O2.C2H6/c1-9-2-3-14(13(21)6-9)27-18-12(20(28)29)8-11(15(22)17(18)24)7-10-4-5-26-19(25)16(10)23;1-2/h2-6,8,27H,7H2,1H3,(H2,25,26)(H,28,29);1-2H3. The van der Waals surface area contributed by atoms with Crippen LogP contribution in [0, 0.1) is 30.2 Å². The molecule has 1 heterocycles. The number of hydrogen-bond acceptors (Lipinski definition) is 4. The minimum atomic E-state index is -1.57. The number of rotatable bonds is 5. The summed E-state index contributed by atoms with van der Waals surface area (Å²) in [5, 5.41) is 11.7. The van der Waals surface area contributed by atoms with Crippen LogP contribution < -0.4 is 11.1 Å². The van der Waals surface area contributed by atoms with Gasteiger partial charge in [-0.15, -0.1) is 0 Å². The quantitative estimate of drug-likeness (QED) is 0.455. The molecule has 0 saturated heterocycles. The van der Waals surface area contributed by atoms with Crippen molar-refractivity contribution in [3.63, 3.8) is 0 Å². The fourth-order valence-electron chi connectivity index (χ4n) is 2.80. The zero-order valence-electron chi connectivity index (χ0n) is 17.1. The van der Waals surface area contributed by atoms with Gasteiger partial charge in [0, 0.05) is 12.6 Å². The third-order valence-corrected chi connectivity index (χ3v) is 4.27. The van der Waals surface area contributed by atoms with Crippen molar-refractivity contribution in [2.45, 2.75) is 27.2 Å². The van der Waals surface area contributed by atoms with E-state index in [9.17, 15) is 27.5 Å². The van der Waals surface area contributed by atoms with Crippen LogP contribution in [0.15, 0.2) is 36.5 Å². The maximum Gasteiger partial charge on any atom is 0.337 e. The van der Waals surface area contributed by atoms with Gasteiger partial charge in [-0.1, -0.05) is 19.9 Å². The molecule has 31 heavy (non-hydrogen) atoms. The molecule has 9 heteroatoms. The number of aromatic nitrogens is 1. The molecule has 0 aliphatic heterocycles. The molecule has 0 spiro atoms. The molecule has 3 rings (SSSR count). The van der Waals surface area contributed by atoms with E-state index in [-0.39, 0.29) is 11.3 Å². The number of nitrogens with one attached hydrogen (secondary N) is 1. The molecule has 4 N–H and O–H groups in total. The monoisotopic (exact) mass is 435 g/mol. The van der Waals surface area contributed by atoms with Gasteiger partial charge in [-0.25, -0.2) is 27.3 Å². The third-order valence-electron chi connectivity index (χ3n) is 4.27. The molecule has 0 saturated carbocycles. The van der Waals surface area contributed by atoms with Crippen LogP contribution in [0.5, 0.6) is 0 Å². The predicted octanol–water partition coefficient (Wildman–Crippen LogP) is 5.59. The summed E-state index contributed by atoms with van der Waals surface area (Å²) < 4.78 is 57.4. The van der Waals surface area contributed by atoms with Gasteiger partial charge in [0.25, 0.3) is 0 Å². The summed E-state index contributed by atoms with van der Waals surface area (Å²) >= 11 is 0. The molecule has 0 aliphatic carbocycles. The van der Waals surface area contributed by atoms with Gasteiger partial charge in [0.1, 0.15) is 5.82 Å². The van der Waals surface area contributed by atoms with Gasteiger partial charge in [-0.2, -0.15) is 0 Å². The second-order valence-electron chi connectivity index (χ2n) is 6.35. The fraction of sp³-hybridized carbons (Fsp3) is 0.182. The Morgan fingerprint density at radius 3 is 2.32 bits per heavy atom. The van der Waals surface area contributed by atoms with Crippen LogP contribution in [0.25, 0.3) is 0 Å². The van der Waals surface area contributed by atoms with Crippen LogP contribution in [0.3, 0.4) is 0 Å². The number of hydrogen-bond donors (Lipinski definition) is 3. The lowest BCUT2D eigenvalue weighted by atomic mass is 10.00. The fourth-order valence-corrected chi connectivity index (χ4v) is 2.80. The molecule has 0 aliphatic rings. The summed E-state index contributed by atoms with van der Waals surface area (Å²) in [4.78, 5) is 15.2. The van der Waals surface area contributed by atoms with Crippen LogP contribution in [0.4, 0.5) is 34.8 Å². The van der Waals surface area contributed by atoms with Crippen molar-refractivity contribution in [3.8, 4) is 0 Å². The molecule has 0 atom stereocenters. The Morgan fingerprint density at radius 2 is 1.71 bits per heavy atom. The molecule has 0 bridgehead atoms. The topological polar surface area (TPSA) is 88.2 Å². The van der Waals surface area contributed by atoms with Crippen LogP contribution in [-0.2, 0) is 6.42 Å². The van der Waals surface area contributed by atoms with Crippen molar-refractivity contribution in [2.24, 2.45) is 0 Å². The first-order valence-corrected chi connectivity index (χ1v) is 9.35. The highest BCUT2D eigenvalue weighted by Gasteiger charge is 2.24. The number of benzene rings is 2. The molecule has 0 radical (unpaired) electrons. The van der Waals surface area contributed by atoms with Gasteiger partial charge in [-0.05, 0) is 47.9 Å². The molecule has 0 unspecified atom stereocenters. The number of nitrogen functional groups attached to an aromatic ring is 1. The predicted molar refractivity (Wildman–Crippen MR) is 110 cm³/mol. The molecular formula is C22H21F4N3O2. The average Bonchev–Trinajstić information content (AvgIpc) is 2.73. The van der Waals surface area contributed by atoms with Gasteiger partial charge in [0.15, 0.2) is 23.3 Å². The second-order valence-corrected chi connectivity index (χ2v) is 6.35. The number of aromatic carboxylic acids is 1. The van der Waals surface area contributed by atoms with Crippen molar-refractivity contribution in [1.82, 2.24) is 4.98 Å². The van der Waals surface area contributed by atoms with Crippen LogP contribution in [0.1, 0.15) is 40.9 Å². The maximum atomic E-state index is 14.7. The Bertz CT molecular complexity index is 1120. The zero-order chi connectivity index (χ0) is 23.3. The minimum Gasteiger partial charge on any atom is -0.478 e. The zero-order valence-corrected chi connectivity index (χ0v) is 17.1. The first kappa shape index (κ1) is 23.7. The molecule has 1 aromatic heterocycles. The van der Waals surface area contributed by atoms with Crippen molar-refractivity contribution in [3.05, 3.63) is 82.1 Å². The summed E-state index contributed by atoms with van der Waals surface area (Å²) in [5.74, 6) is -6.58. The van der Waals surface area contributed by atoms with Crippen molar-refractivity contribution in [2.75, 3.05) is 11.1 Å². The number of pyridine rings is 1. The number of carboxylic acids is 1. The number of aryl methyl sites for hydroxylation is 1. The maximum absolute atomic E-state index is 14.7. The van der Waals surface area contributed by atoms with Crippen molar-refractivity contribution >= 4 is 23.2 Å². The summed E-state index contributed by atoms with van der Waals surface area (Å²) in [7, 11) is 0. The molecule has 5 nitrogen and oxygen atoms in total. The van der Waals surface area contributed by atoms with E-state index in [2.05, 4.69) is 10.3 Å². The second kappa shape index (κ2) is 9.92. The molecule has 0 fully saturated rings. The lowest BCUT2D eigenvalue weighted by Crippen LogP contribution is -2.11. The third kappa shape index (κ3) is 5.11. The van der Waals surface area contributed by atoms with Gasteiger partial charge in [0.2, 0.25) is 0 Å². The van der Waals surface area contributed by atoms with E-state index in [0.717, 1.165) is 12.1 Å². The van der Waals surface area contributed by atoms with Crippen LogP contribution in [0.2, 0.25) is 0 Å². The number of carbonyl (C=O) groups is 1. The highest BCUT2D eigenvalue weighted by molar-refractivity contribution is 5.95. The Hall–Kier alpha value is -3.62. The van der Waals surface area contributed by atoms with Crippen LogP contribution in [-0.4, -0.2) is 16.1 Å². The summed E-state index contributed by atoms with van der Waals surface area (Å²) in [6.07, 6.45) is 0.733. The number of carboxylic acid groups (broad SMARTS) is 1. The van der Waals surface area contributed by atoms with Gasteiger partial charge in [0.05, 0.1) is 16.9 Å². The number of halogens is 4. The molecule has 164 valence electrons. The summed E-state index contributed by atoms with van der Waals surface area (Å²) in [5.41, 5.74) is 3.86. The molecule has 0 amide bonds. The average molecular weight is 435 g/mol. The summed E-state index contributed by atoms with van der Waals surface area (Å²) in [6, 6.07) is 6.03. The minimum absolute atomic E-state index is 0.0857. The first-order valence-electron chi connectivity index (χ1n) is 9.35. The van der Waals surface area contributed by atoms with Gasteiger partial charge >= 0.3 is 5.97 Å². The van der Waals surface area contributed by atoms with E-state index in [1.54, 1.807) is 6.92 Å². The highest BCUT2D eigenvalue weighted by atomic mass is 19.2. The Morgan fingerprint density at radius 1 is 1.03 bits per heavy atom. The van der Waals surface area contributed by atoms with E-state index in [1.807, 2.05) is 13.8 Å². The number of anilines is 3. The van der Waals surface area contributed by atoms with E-state index in [4.69, 9.17) is 5.73 Å².